The van der Waals surface area contributed by atoms with Crippen LogP contribution in [0.2, 0.25) is 0 Å². The van der Waals surface area contributed by atoms with Crippen LogP contribution < -0.4 is 10.6 Å². The van der Waals surface area contributed by atoms with Gasteiger partial charge in [-0.3, -0.25) is 0 Å². The van der Waals surface area contributed by atoms with Crippen molar-refractivity contribution in [3.05, 3.63) is 18.6 Å². The first-order valence-corrected chi connectivity index (χ1v) is 7.15. The second kappa shape index (κ2) is 5.07. The molecular formula is C14H21N5. The number of nitrogens with zero attached hydrogens (tertiary/aromatic N) is 4. The first-order valence-electron chi connectivity index (χ1n) is 7.15. The van der Waals surface area contributed by atoms with Crippen LogP contribution in [0, 0.1) is 0 Å². The average molecular weight is 259 g/mol. The first kappa shape index (κ1) is 12.3. The van der Waals surface area contributed by atoms with Gasteiger partial charge in [0.25, 0.3) is 0 Å². The third kappa shape index (κ3) is 2.25. The minimum atomic E-state index is 0.553. The minimum Gasteiger partial charge on any atom is -0.382 e. The number of fused-ring (bicyclic) bond motifs is 1. The van der Waals surface area contributed by atoms with Crippen LogP contribution in [-0.2, 0) is 0 Å². The summed E-state index contributed by atoms with van der Waals surface area (Å²) < 4.78 is 1.97. The van der Waals surface area contributed by atoms with E-state index in [0.29, 0.717) is 11.9 Å². The number of rotatable bonds is 2. The highest BCUT2D eigenvalue weighted by atomic mass is 15.3. The first-order chi connectivity index (χ1) is 9.29. The standard InChI is InChI=1S/C14H21N5/c1-2-11-6-4-3-5-8-19(11)14-13-16-7-9-18(13)10-12(15)17-14/h7,9-11H,2-6,8,15H2,1H3. The van der Waals surface area contributed by atoms with E-state index >= 15 is 0 Å². The number of hydrogen-bond acceptors (Lipinski definition) is 4. The molecule has 0 saturated carbocycles. The van der Waals surface area contributed by atoms with Gasteiger partial charge >= 0.3 is 0 Å². The second-order valence-electron chi connectivity index (χ2n) is 5.25. The Morgan fingerprint density at radius 3 is 3.11 bits per heavy atom. The van der Waals surface area contributed by atoms with Crippen molar-refractivity contribution < 1.29 is 0 Å². The van der Waals surface area contributed by atoms with Crippen LogP contribution in [0.1, 0.15) is 39.0 Å². The number of anilines is 2. The van der Waals surface area contributed by atoms with E-state index in [1.807, 2.05) is 16.8 Å². The van der Waals surface area contributed by atoms with Gasteiger partial charge in [-0.1, -0.05) is 19.8 Å². The van der Waals surface area contributed by atoms with Crippen LogP contribution in [0.4, 0.5) is 11.6 Å². The number of aromatic nitrogens is 3. The number of nitrogen functional groups attached to an aromatic ring is 1. The lowest BCUT2D eigenvalue weighted by atomic mass is 10.1. The van der Waals surface area contributed by atoms with E-state index in [4.69, 9.17) is 5.73 Å². The fourth-order valence-corrected chi connectivity index (χ4v) is 3.01. The van der Waals surface area contributed by atoms with Crippen LogP contribution in [0.25, 0.3) is 5.65 Å². The van der Waals surface area contributed by atoms with Crippen LogP contribution in [-0.4, -0.2) is 27.0 Å². The third-order valence-electron chi connectivity index (χ3n) is 4.00. The van der Waals surface area contributed by atoms with Crippen molar-refractivity contribution in [1.29, 1.82) is 0 Å². The van der Waals surface area contributed by atoms with Crippen molar-refractivity contribution in [2.45, 2.75) is 45.1 Å². The number of imidazole rings is 1. The smallest absolute Gasteiger partial charge is 0.180 e. The lowest BCUT2D eigenvalue weighted by Gasteiger charge is -2.30. The fourth-order valence-electron chi connectivity index (χ4n) is 3.01. The molecule has 0 amide bonds. The van der Waals surface area contributed by atoms with E-state index in [1.54, 1.807) is 6.20 Å². The molecule has 2 aromatic rings. The molecule has 1 aliphatic heterocycles. The van der Waals surface area contributed by atoms with Gasteiger partial charge in [-0.25, -0.2) is 9.97 Å². The van der Waals surface area contributed by atoms with Gasteiger partial charge in [-0.2, -0.15) is 0 Å². The van der Waals surface area contributed by atoms with E-state index in [9.17, 15) is 0 Å². The molecule has 0 bridgehead atoms. The zero-order valence-electron chi connectivity index (χ0n) is 11.4. The van der Waals surface area contributed by atoms with E-state index in [1.165, 1.54) is 25.7 Å². The highest BCUT2D eigenvalue weighted by Crippen LogP contribution is 2.27. The van der Waals surface area contributed by atoms with Crippen molar-refractivity contribution in [2.24, 2.45) is 0 Å². The fraction of sp³-hybridized carbons (Fsp3) is 0.571. The molecular weight excluding hydrogens is 238 g/mol. The molecule has 1 atom stereocenters. The van der Waals surface area contributed by atoms with E-state index in [2.05, 4.69) is 21.8 Å². The summed E-state index contributed by atoms with van der Waals surface area (Å²) in [5, 5.41) is 0. The molecule has 2 N–H and O–H groups in total. The average Bonchev–Trinajstić information content (AvgIpc) is 2.74. The third-order valence-corrected chi connectivity index (χ3v) is 4.00. The Bertz CT molecular complexity index is 562. The molecule has 19 heavy (non-hydrogen) atoms. The molecule has 2 aromatic heterocycles. The summed E-state index contributed by atoms with van der Waals surface area (Å²) in [6.07, 6.45) is 11.8. The topological polar surface area (TPSA) is 59.5 Å². The van der Waals surface area contributed by atoms with Crippen molar-refractivity contribution in [3.63, 3.8) is 0 Å². The molecule has 1 unspecified atom stereocenters. The van der Waals surface area contributed by atoms with E-state index in [-0.39, 0.29) is 0 Å². The van der Waals surface area contributed by atoms with Crippen molar-refractivity contribution >= 4 is 17.3 Å². The monoisotopic (exact) mass is 259 g/mol. The van der Waals surface area contributed by atoms with Gasteiger partial charge in [-0.15, -0.1) is 0 Å². The van der Waals surface area contributed by atoms with Crippen molar-refractivity contribution in [3.8, 4) is 0 Å². The maximum atomic E-state index is 5.93. The zero-order chi connectivity index (χ0) is 13.2. The molecule has 1 fully saturated rings. The van der Waals surface area contributed by atoms with Gasteiger partial charge in [0.1, 0.15) is 5.82 Å². The maximum absolute atomic E-state index is 5.93. The van der Waals surface area contributed by atoms with Gasteiger partial charge in [0.05, 0.1) is 6.20 Å². The summed E-state index contributed by atoms with van der Waals surface area (Å²) in [4.78, 5) is 11.4. The Labute approximate surface area is 113 Å². The molecule has 102 valence electrons. The Kier molecular flexibility index (Phi) is 3.27. The Balaban J connectivity index is 2.07. The normalized spacial score (nSPS) is 20.7. The molecule has 5 heteroatoms. The predicted molar refractivity (Wildman–Crippen MR) is 77.3 cm³/mol. The number of nitrogens with two attached hydrogens (primary N) is 1. The second-order valence-corrected chi connectivity index (χ2v) is 5.25. The number of hydrogen-bond donors (Lipinski definition) is 1. The predicted octanol–water partition coefficient (Wildman–Crippen LogP) is 2.47. The summed E-state index contributed by atoms with van der Waals surface area (Å²) >= 11 is 0. The molecule has 1 aliphatic rings. The highest BCUT2D eigenvalue weighted by molar-refractivity contribution is 5.66. The van der Waals surface area contributed by atoms with Crippen LogP contribution in [0.3, 0.4) is 0 Å². The summed E-state index contributed by atoms with van der Waals surface area (Å²) in [6.45, 7) is 3.30. The Morgan fingerprint density at radius 2 is 2.26 bits per heavy atom. The molecule has 5 nitrogen and oxygen atoms in total. The lowest BCUT2D eigenvalue weighted by Crippen LogP contribution is -2.35. The van der Waals surface area contributed by atoms with Gasteiger partial charge in [-0.05, 0) is 19.3 Å². The Morgan fingerprint density at radius 1 is 1.37 bits per heavy atom. The van der Waals surface area contributed by atoms with Gasteiger partial charge in [0.2, 0.25) is 0 Å². The van der Waals surface area contributed by atoms with E-state index in [0.717, 1.165) is 24.4 Å². The van der Waals surface area contributed by atoms with Crippen molar-refractivity contribution in [2.75, 3.05) is 17.2 Å². The Hall–Kier alpha value is -1.78. The maximum Gasteiger partial charge on any atom is 0.180 e. The summed E-state index contributed by atoms with van der Waals surface area (Å²) in [5.74, 6) is 1.50. The quantitative estimate of drug-likeness (QED) is 0.900. The summed E-state index contributed by atoms with van der Waals surface area (Å²) in [5.41, 5.74) is 6.84. The van der Waals surface area contributed by atoms with Crippen LogP contribution in [0.15, 0.2) is 18.6 Å². The van der Waals surface area contributed by atoms with Gasteiger partial charge < -0.3 is 15.0 Å². The highest BCUT2D eigenvalue weighted by Gasteiger charge is 2.23. The van der Waals surface area contributed by atoms with Crippen molar-refractivity contribution in [1.82, 2.24) is 14.4 Å². The SMILES string of the molecule is CCC1CCCCCN1c1nc(N)cn2ccnc12. The molecule has 3 rings (SSSR count). The van der Waals surface area contributed by atoms with Gasteiger partial charge in [0.15, 0.2) is 11.5 Å². The summed E-state index contributed by atoms with van der Waals surface area (Å²) in [7, 11) is 0. The molecule has 3 heterocycles. The largest absolute Gasteiger partial charge is 0.382 e. The molecule has 0 aliphatic carbocycles. The molecule has 0 radical (unpaired) electrons. The molecule has 0 spiro atoms. The van der Waals surface area contributed by atoms with Gasteiger partial charge in [0, 0.05) is 25.0 Å². The van der Waals surface area contributed by atoms with Crippen LogP contribution in [0.5, 0.6) is 0 Å². The minimum absolute atomic E-state index is 0.553. The van der Waals surface area contributed by atoms with Crippen LogP contribution >= 0.6 is 0 Å². The summed E-state index contributed by atoms with van der Waals surface area (Å²) in [6, 6.07) is 0.553. The zero-order valence-corrected chi connectivity index (χ0v) is 11.4. The van der Waals surface area contributed by atoms with E-state index < -0.39 is 0 Å². The molecule has 0 aromatic carbocycles. The molecule has 1 saturated heterocycles. The lowest BCUT2D eigenvalue weighted by molar-refractivity contribution is 0.553.